The van der Waals surface area contributed by atoms with Crippen molar-refractivity contribution in [3.05, 3.63) is 0 Å². The fourth-order valence-electron chi connectivity index (χ4n) is 1.89. The number of carbonyl (C=O) groups is 1. The van der Waals surface area contributed by atoms with E-state index in [1.807, 2.05) is 13.8 Å². The summed E-state index contributed by atoms with van der Waals surface area (Å²) in [6.45, 7) is 6.37. The molecule has 1 fully saturated rings. The van der Waals surface area contributed by atoms with E-state index >= 15 is 0 Å². The van der Waals surface area contributed by atoms with Gasteiger partial charge < -0.3 is 4.74 Å². The van der Waals surface area contributed by atoms with Crippen molar-refractivity contribution < 1.29 is 9.53 Å². The van der Waals surface area contributed by atoms with Gasteiger partial charge in [-0.25, -0.2) is 0 Å². The lowest BCUT2D eigenvalue weighted by atomic mass is 10.2. The van der Waals surface area contributed by atoms with Crippen LogP contribution in [-0.4, -0.2) is 36.6 Å². The van der Waals surface area contributed by atoms with E-state index in [0.717, 1.165) is 13.1 Å². The maximum Gasteiger partial charge on any atom is 0.323 e. The maximum atomic E-state index is 11.5. The average Bonchev–Trinajstić information content (AvgIpc) is 2.45. The van der Waals surface area contributed by atoms with Gasteiger partial charge in [-0.05, 0) is 39.8 Å². The lowest BCUT2D eigenvalue weighted by molar-refractivity contribution is -0.148. The third-order valence-corrected chi connectivity index (χ3v) is 2.82. The Balaban J connectivity index is 2.40. The molecule has 0 aromatic rings. The molecule has 82 valence electrons. The van der Waals surface area contributed by atoms with Crippen LogP contribution in [0.15, 0.2) is 0 Å². The zero-order valence-corrected chi connectivity index (χ0v) is 9.29. The van der Waals surface area contributed by atoms with Crippen LogP contribution < -0.4 is 0 Å². The first-order chi connectivity index (χ1) is 6.75. The summed E-state index contributed by atoms with van der Waals surface area (Å²) in [5, 5.41) is 0. The third kappa shape index (κ3) is 3.29. The summed E-state index contributed by atoms with van der Waals surface area (Å²) in [7, 11) is 0. The van der Waals surface area contributed by atoms with Gasteiger partial charge in [-0.15, -0.1) is 0 Å². The topological polar surface area (TPSA) is 29.5 Å². The second kappa shape index (κ2) is 6.02. The van der Waals surface area contributed by atoms with Crippen LogP contribution in [0.1, 0.15) is 39.5 Å². The Labute approximate surface area is 86.4 Å². The van der Waals surface area contributed by atoms with E-state index in [4.69, 9.17) is 4.74 Å². The summed E-state index contributed by atoms with van der Waals surface area (Å²) in [5.74, 6) is -0.0746. The van der Waals surface area contributed by atoms with E-state index in [1.165, 1.54) is 25.7 Å². The first-order valence-electron chi connectivity index (χ1n) is 5.66. The number of carbonyl (C=O) groups excluding carboxylic acids is 1. The Morgan fingerprint density at radius 1 is 1.29 bits per heavy atom. The van der Waals surface area contributed by atoms with Gasteiger partial charge in [0.1, 0.15) is 6.04 Å². The number of nitrogens with zero attached hydrogens (tertiary/aromatic N) is 1. The maximum absolute atomic E-state index is 11.5. The van der Waals surface area contributed by atoms with Gasteiger partial charge in [-0.1, -0.05) is 12.8 Å². The van der Waals surface area contributed by atoms with Crippen molar-refractivity contribution >= 4 is 5.97 Å². The molecule has 0 saturated carbocycles. The quantitative estimate of drug-likeness (QED) is 0.649. The molecule has 1 aliphatic rings. The molecule has 0 unspecified atom stereocenters. The summed E-state index contributed by atoms with van der Waals surface area (Å²) >= 11 is 0. The molecule has 0 bridgehead atoms. The van der Waals surface area contributed by atoms with E-state index in [0.29, 0.717) is 6.61 Å². The van der Waals surface area contributed by atoms with Gasteiger partial charge in [0.05, 0.1) is 6.61 Å². The van der Waals surface area contributed by atoms with E-state index in [-0.39, 0.29) is 12.0 Å². The Bertz CT molecular complexity index is 174. The highest BCUT2D eigenvalue weighted by atomic mass is 16.5. The van der Waals surface area contributed by atoms with Gasteiger partial charge >= 0.3 is 5.97 Å². The van der Waals surface area contributed by atoms with Crippen LogP contribution in [0.25, 0.3) is 0 Å². The second-order valence-electron chi connectivity index (χ2n) is 3.88. The van der Waals surface area contributed by atoms with Crippen LogP contribution in [0.3, 0.4) is 0 Å². The number of esters is 1. The minimum Gasteiger partial charge on any atom is -0.465 e. The van der Waals surface area contributed by atoms with Crippen molar-refractivity contribution in [2.75, 3.05) is 19.7 Å². The van der Waals surface area contributed by atoms with Crippen molar-refractivity contribution in [1.29, 1.82) is 0 Å². The van der Waals surface area contributed by atoms with Crippen molar-refractivity contribution in [2.24, 2.45) is 0 Å². The van der Waals surface area contributed by atoms with Gasteiger partial charge in [0.25, 0.3) is 0 Å². The summed E-state index contributed by atoms with van der Waals surface area (Å²) in [6.07, 6.45) is 5.02. The highest BCUT2D eigenvalue weighted by molar-refractivity contribution is 5.75. The van der Waals surface area contributed by atoms with Crippen molar-refractivity contribution in [3.8, 4) is 0 Å². The van der Waals surface area contributed by atoms with Crippen LogP contribution in [-0.2, 0) is 9.53 Å². The van der Waals surface area contributed by atoms with E-state index < -0.39 is 0 Å². The van der Waals surface area contributed by atoms with E-state index in [2.05, 4.69) is 4.90 Å². The number of hydrogen-bond donors (Lipinski definition) is 0. The molecular weight excluding hydrogens is 178 g/mol. The fraction of sp³-hybridized carbons (Fsp3) is 0.909. The minimum atomic E-state index is -0.0746. The van der Waals surface area contributed by atoms with Gasteiger partial charge in [0.2, 0.25) is 0 Å². The normalized spacial score (nSPS) is 21.3. The highest BCUT2D eigenvalue weighted by Crippen LogP contribution is 2.13. The zero-order chi connectivity index (χ0) is 10.4. The molecular formula is C11H21NO2. The van der Waals surface area contributed by atoms with E-state index in [9.17, 15) is 4.79 Å². The first-order valence-corrected chi connectivity index (χ1v) is 5.66. The number of hydrogen-bond acceptors (Lipinski definition) is 3. The van der Waals surface area contributed by atoms with Gasteiger partial charge in [0, 0.05) is 0 Å². The number of ether oxygens (including phenoxy) is 1. The standard InChI is InChI=1S/C11H21NO2/c1-3-14-11(13)10(2)12-8-6-4-5-7-9-12/h10H,3-9H2,1-2H3/t10-/m1/s1. The first kappa shape index (κ1) is 11.5. The SMILES string of the molecule is CCOC(=O)[C@@H](C)N1CCCCCC1. The molecule has 3 nitrogen and oxygen atoms in total. The van der Waals surface area contributed by atoms with Crippen LogP contribution in [0.4, 0.5) is 0 Å². The van der Waals surface area contributed by atoms with Gasteiger partial charge in [-0.2, -0.15) is 0 Å². The number of rotatable bonds is 3. The zero-order valence-electron chi connectivity index (χ0n) is 9.29. The monoisotopic (exact) mass is 199 g/mol. The molecule has 1 saturated heterocycles. The third-order valence-electron chi connectivity index (χ3n) is 2.82. The summed E-state index contributed by atoms with van der Waals surface area (Å²) < 4.78 is 5.02. The fourth-order valence-corrected chi connectivity index (χ4v) is 1.89. The van der Waals surface area contributed by atoms with Crippen LogP contribution in [0.5, 0.6) is 0 Å². The molecule has 0 spiro atoms. The molecule has 0 aromatic heterocycles. The Morgan fingerprint density at radius 3 is 2.36 bits per heavy atom. The van der Waals surface area contributed by atoms with Gasteiger partial charge in [-0.3, -0.25) is 9.69 Å². The molecule has 14 heavy (non-hydrogen) atoms. The van der Waals surface area contributed by atoms with Crippen LogP contribution in [0, 0.1) is 0 Å². The lowest BCUT2D eigenvalue weighted by Gasteiger charge is -2.25. The largest absolute Gasteiger partial charge is 0.465 e. The lowest BCUT2D eigenvalue weighted by Crippen LogP contribution is -2.40. The molecule has 0 radical (unpaired) electrons. The minimum absolute atomic E-state index is 0.0620. The molecule has 0 aromatic carbocycles. The summed E-state index contributed by atoms with van der Waals surface area (Å²) in [5.41, 5.74) is 0. The van der Waals surface area contributed by atoms with E-state index in [1.54, 1.807) is 0 Å². The molecule has 1 rings (SSSR count). The number of likely N-dealkylation sites (tertiary alicyclic amines) is 1. The molecule has 0 N–H and O–H groups in total. The predicted octanol–water partition coefficient (Wildman–Crippen LogP) is 1.81. The second-order valence-corrected chi connectivity index (χ2v) is 3.88. The molecule has 1 atom stereocenters. The van der Waals surface area contributed by atoms with Crippen LogP contribution >= 0.6 is 0 Å². The van der Waals surface area contributed by atoms with Crippen molar-refractivity contribution in [2.45, 2.75) is 45.6 Å². The average molecular weight is 199 g/mol. The van der Waals surface area contributed by atoms with Crippen LogP contribution in [0.2, 0.25) is 0 Å². The van der Waals surface area contributed by atoms with Gasteiger partial charge in [0.15, 0.2) is 0 Å². The molecule has 0 aliphatic carbocycles. The highest BCUT2D eigenvalue weighted by Gasteiger charge is 2.22. The Morgan fingerprint density at radius 2 is 1.86 bits per heavy atom. The van der Waals surface area contributed by atoms with Crippen molar-refractivity contribution in [1.82, 2.24) is 4.90 Å². The Kier molecular flexibility index (Phi) is 4.94. The smallest absolute Gasteiger partial charge is 0.323 e. The molecule has 0 amide bonds. The molecule has 3 heteroatoms. The summed E-state index contributed by atoms with van der Waals surface area (Å²) in [4.78, 5) is 13.7. The molecule has 1 aliphatic heterocycles. The predicted molar refractivity (Wildman–Crippen MR) is 56.1 cm³/mol. The molecule has 1 heterocycles. The van der Waals surface area contributed by atoms with Crippen molar-refractivity contribution in [3.63, 3.8) is 0 Å². The summed E-state index contributed by atoms with van der Waals surface area (Å²) in [6, 6.07) is -0.0620. The Hall–Kier alpha value is -0.570.